The second-order valence-electron chi connectivity index (χ2n) is 5.12. The van der Waals surface area contributed by atoms with E-state index in [1.165, 1.54) is 0 Å². The lowest BCUT2D eigenvalue weighted by Gasteiger charge is -2.33. The van der Waals surface area contributed by atoms with E-state index < -0.39 is 0 Å². The van der Waals surface area contributed by atoms with Crippen molar-refractivity contribution >= 4 is 6.03 Å². The molecule has 1 aliphatic heterocycles. The number of nitrogens with zero attached hydrogens (tertiary/aromatic N) is 2. The molecule has 0 spiro atoms. The van der Waals surface area contributed by atoms with Crippen molar-refractivity contribution in [3.63, 3.8) is 0 Å². The monoisotopic (exact) mass is 309 g/mol. The first-order chi connectivity index (χ1) is 10.7. The van der Waals surface area contributed by atoms with E-state index in [1.54, 1.807) is 24.3 Å². The van der Waals surface area contributed by atoms with E-state index in [2.05, 4.69) is 10.3 Å². The van der Waals surface area contributed by atoms with Crippen LogP contribution in [0.5, 0.6) is 5.88 Å². The molecule has 1 fully saturated rings. The highest BCUT2D eigenvalue weighted by atomic mass is 16.5. The molecule has 122 valence electrons. The van der Waals surface area contributed by atoms with E-state index in [9.17, 15) is 4.79 Å². The van der Waals surface area contributed by atoms with Gasteiger partial charge in [-0.3, -0.25) is 0 Å². The molecule has 1 aromatic rings. The van der Waals surface area contributed by atoms with E-state index in [-0.39, 0.29) is 12.1 Å². The van der Waals surface area contributed by atoms with Gasteiger partial charge in [0.25, 0.3) is 0 Å². The summed E-state index contributed by atoms with van der Waals surface area (Å²) in [6.07, 6.45) is 1.70. The predicted octanol–water partition coefficient (Wildman–Crippen LogP) is 1.04. The van der Waals surface area contributed by atoms with Gasteiger partial charge in [0.05, 0.1) is 25.9 Å². The van der Waals surface area contributed by atoms with Gasteiger partial charge in [0, 0.05) is 32.5 Å². The number of carbonyl (C=O) groups excluding carboxylic acids is 1. The molecule has 1 aliphatic rings. The smallest absolute Gasteiger partial charge is 0.318 e. The maximum Gasteiger partial charge on any atom is 0.318 e. The second kappa shape index (κ2) is 8.55. The highest BCUT2D eigenvalue weighted by Crippen LogP contribution is 2.09. The van der Waals surface area contributed by atoms with Crippen molar-refractivity contribution in [3.8, 4) is 5.88 Å². The number of pyridine rings is 1. The van der Waals surface area contributed by atoms with Gasteiger partial charge < -0.3 is 24.4 Å². The first-order valence-electron chi connectivity index (χ1n) is 7.39. The summed E-state index contributed by atoms with van der Waals surface area (Å²) >= 11 is 0. The van der Waals surface area contributed by atoms with Gasteiger partial charge in [-0.2, -0.15) is 0 Å². The number of nitrogens with one attached hydrogen (secondary N) is 1. The van der Waals surface area contributed by atoms with Gasteiger partial charge in [0.2, 0.25) is 5.88 Å². The lowest BCUT2D eigenvalue weighted by atomic mass is 10.2. The summed E-state index contributed by atoms with van der Waals surface area (Å²) in [6.45, 7) is 5.21. The minimum atomic E-state index is -0.0729. The Balaban J connectivity index is 1.77. The number of ether oxygens (including phenoxy) is 3. The van der Waals surface area contributed by atoms with Gasteiger partial charge in [-0.25, -0.2) is 9.78 Å². The molecule has 1 N–H and O–H groups in total. The molecule has 0 unspecified atom stereocenters. The molecule has 0 radical (unpaired) electrons. The number of morpholine rings is 1. The van der Waals surface area contributed by atoms with Crippen molar-refractivity contribution in [2.45, 2.75) is 19.5 Å². The third kappa shape index (κ3) is 4.85. The lowest BCUT2D eigenvalue weighted by Crippen LogP contribution is -2.51. The van der Waals surface area contributed by atoms with Gasteiger partial charge in [0.1, 0.15) is 6.61 Å². The van der Waals surface area contributed by atoms with Gasteiger partial charge >= 0.3 is 6.03 Å². The number of hydrogen-bond acceptors (Lipinski definition) is 5. The Kier molecular flexibility index (Phi) is 6.42. The summed E-state index contributed by atoms with van der Waals surface area (Å²) in [5, 5.41) is 2.90. The maximum absolute atomic E-state index is 12.1. The van der Waals surface area contributed by atoms with Gasteiger partial charge in [-0.1, -0.05) is 6.07 Å². The van der Waals surface area contributed by atoms with Crippen LogP contribution in [0.1, 0.15) is 12.5 Å². The zero-order valence-electron chi connectivity index (χ0n) is 13.1. The standard InChI is InChI=1S/C15H23N3O4/c1-12-11-21-6-5-18(12)15(19)17-10-13-3-4-14(16-9-13)22-8-7-20-2/h3-4,9,12H,5-8,10-11H2,1-2H3,(H,17,19)/t12-/m0/s1. The van der Waals surface area contributed by atoms with Crippen LogP contribution in [0.3, 0.4) is 0 Å². The third-order valence-electron chi connectivity index (χ3n) is 3.41. The minimum absolute atomic E-state index is 0.0729. The van der Waals surface area contributed by atoms with Crippen molar-refractivity contribution in [2.75, 3.05) is 40.1 Å². The van der Waals surface area contributed by atoms with Crippen molar-refractivity contribution in [2.24, 2.45) is 0 Å². The number of rotatable bonds is 6. The van der Waals surface area contributed by atoms with Crippen LogP contribution in [0.15, 0.2) is 18.3 Å². The van der Waals surface area contributed by atoms with Crippen LogP contribution in [0.4, 0.5) is 4.79 Å². The molecule has 7 heteroatoms. The van der Waals surface area contributed by atoms with Crippen LogP contribution in [0.2, 0.25) is 0 Å². The Morgan fingerprint density at radius 1 is 1.50 bits per heavy atom. The molecule has 2 heterocycles. The fourth-order valence-corrected chi connectivity index (χ4v) is 2.14. The topological polar surface area (TPSA) is 72.9 Å². The number of carbonyl (C=O) groups is 1. The van der Waals surface area contributed by atoms with Crippen molar-refractivity contribution in [1.82, 2.24) is 15.2 Å². The Morgan fingerprint density at radius 3 is 3.05 bits per heavy atom. The van der Waals surface area contributed by atoms with Crippen LogP contribution in [0.25, 0.3) is 0 Å². The van der Waals surface area contributed by atoms with Crippen molar-refractivity contribution < 1.29 is 19.0 Å². The average molecular weight is 309 g/mol. The molecule has 0 saturated carbocycles. The highest BCUT2D eigenvalue weighted by molar-refractivity contribution is 5.74. The highest BCUT2D eigenvalue weighted by Gasteiger charge is 2.23. The number of amides is 2. The van der Waals surface area contributed by atoms with Crippen molar-refractivity contribution in [1.29, 1.82) is 0 Å². The summed E-state index contributed by atoms with van der Waals surface area (Å²) in [7, 11) is 1.62. The molecule has 22 heavy (non-hydrogen) atoms. The largest absolute Gasteiger partial charge is 0.475 e. The summed E-state index contributed by atoms with van der Waals surface area (Å²) in [6, 6.07) is 3.70. The normalized spacial score (nSPS) is 18.1. The molecule has 7 nitrogen and oxygen atoms in total. The maximum atomic E-state index is 12.1. The summed E-state index contributed by atoms with van der Waals surface area (Å²) in [5.74, 6) is 0.550. The molecule has 0 aliphatic carbocycles. The van der Waals surface area contributed by atoms with Crippen LogP contribution >= 0.6 is 0 Å². The summed E-state index contributed by atoms with van der Waals surface area (Å²) in [4.78, 5) is 18.1. The second-order valence-corrected chi connectivity index (χ2v) is 5.12. The van der Waals surface area contributed by atoms with Gasteiger partial charge in [-0.15, -0.1) is 0 Å². The van der Waals surface area contributed by atoms with E-state index in [0.29, 0.717) is 45.4 Å². The SMILES string of the molecule is COCCOc1ccc(CNC(=O)N2CCOC[C@@H]2C)cn1. The van der Waals surface area contributed by atoms with Crippen LogP contribution in [-0.4, -0.2) is 62.0 Å². The minimum Gasteiger partial charge on any atom is -0.475 e. The van der Waals surface area contributed by atoms with E-state index in [0.717, 1.165) is 5.56 Å². The molecule has 2 rings (SSSR count). The van der Waals surface area contributed by atoms with E-state index in [1.807, 2.05) is 13.0 Å². The Labute approximate surface area is 130 Å². The van der Waals surface area contributed by atoms with Gasteiger partial charge in [-0.05, 0) is 12.5 Å². The van der Waals surface area contributed by atoms with Crippen molar-refractivity contribution in [3.05, 3.63) is 23.9 Å². The quantitative estimate of drug-likeness (QED) is 0.795. The summed E-state index contributed by atoms with van der Waals surface area (Å²) < 4.78 is 15.6. The molecule has 1 aromatic heterocycles. The van der Waals surface area contributed by atoms with Crippen LogP contribution < -0.4 is 10.1 Å². The fraction of sp³-hybridized carbons (Fsp3) is 0.600. The molecule has 2 amide bonds. The average Bonchev–Trinajstić information content (AvgIpc) is 2.54. The van der Waals surface area contributed by atoms with Gasteiger partial charge in [0.15, 0.2) is 0 Å². The lowest BCUT2D eigenvalue weighted by molar-refractivity contribution is 0.0190. The Bertz CT molecular complexity index is 466. The van der Waals surface area contributed by atoms with E-state index >= 15 is 0 Å². The number of urea groups is 1. The first kappa shape index (κ1) is 16.5. The molecule has 1 saturated heterocycles. The molecular formula is C15H23N3O4. The summed E-state index contributed by atoms with van der Waals surface area (Å²) in [5.41, 5.74) is 0.924. The number of aromatic nitrogens is 1. The molecule has 0 aromatic carbocycles. The number of hydrogen-bond donors (Lipinski definition) is 1. The molecular weight excluding hydrogens is 286 g/mol. The predicted molar refractivity (Wildman–Crippen MR) is 80.8 cm³/mol. The van der Waals surface area contributed by atoms with Crippen LogP contribution in [-0.2, 0) is 16.0 Å². The zero-order valence-corrected chi connectivity index (χ0v) is 13.1. The fourth-order valence-electron chi connectivity index (χ4n) is 2.14. The van der Waals surface area contributed by atoms with Crippen LogP contribution in [0, 0.1) is 0 Å². The van der Waals surface area contributed by atoms with E-state index in [4.69, 9.17) is 14.2 Å². The number of methoxy groups -OCH3 is 1. The third-order valence-corrected chi connectivity index (χ3v) is 3.41. The zero-order chi connectivity index (χ0) is 15.8. The Morgan fingerprint density at radius 2 is 2.36 bits per heavy atom. The Hall–Kier alpha value is -1.86. The molecule has 0 bridgehead atoms. The first-order valence-corrected chi connectivity index (χ1v) is 7.39. The molecule has 1 atom stereocenters.